The van der Waals surface area contributed by atoms with Gasteiger partial charge in [-0.1, -0.05) is 50.9 Å². The third-order valence-electron chi connectivity index (χ3n) is 6.83. The molecule has 0 spiro atoms. The van der Waals surface area contributed by atoms with Gasteiger partial charge >= 0.3 is 0 Å². The predicted octanol–water partition coefficient (Wildman–Crippen LogP) is 3.96. The maximum atomic E-state index is 13.5. The molecule has 2 amide bonds. The van der Waals surface area contributed by atoms with Crippen LogP contribution in [-0.2, 0) is 20.8 Å². The highest BCUT2D eigenvalue weighted by atomic mass is 35.5. The van der Waals surface area contributed by atoms with Crippen LogP contribution in [0.3, 0.4) is 0 Å². The number of benzene rings is 1. The number of rotatable bonds is 12. The number of hydrogen-bond donors (Lipinski definition) is 2. The van der Waals surface area contributed by atoms with E-state index in [-0.39, 0.29) is 18.1 Å². The lowest BCUT2D eigenvalue weighted by Crippen LogP contribution is -2.45. The first-order chi connectivity index (χ1) is 16.0. The molecule has 1 saturated heterocycles. The standard InChI is InChI=1S/C26H40ClN3O4/c1-19(30(34)18-31)22(16-20-8-10-21(27)11-9-20)24(32)17-23(26(2,3)4)25(33)28-12-15-29-13-6-5-7-14-29/h8-11,18-19,22-23,34H,5-7,12-17H2,1-4H3,(H,28,33)/t19-,22+,23+/m0/s1. The number of likely N-dealkylation sites (tertiary alicyclic amines) is 1. The predicted molar refractivity (Wildman–Crippen MR) is 134 cm³/mol. The minimum Gasteiger partial charge on any atom is -0.355 e. The molecule has 2 rings (SSSR count). The monoisotopic (exact) mass is 493 g/mol. The topological polar surface area (TPSA) is 90.0 Å². The molecular weight excluding hydrogens is 454 g/mol. The van der Waals surface area contributed by atoms with Gasteiger partial charge in [0.2, 0.25) is 12.3 Å². The largest absolute Gasteiger partial charge is 0.355 e. The zero-order chi connectivity index (χ0) is 25.3. The zero-order valence-electron chi connectivity index (χ0n) is 20.9. The van der Waals surface area contributed by atoms with Gasteiger partial charge < -0.3 is 10.2 Å². The van der Waals surface area contributed by atoms with Gasteiger partial charge in [-0.2, -0.15) is 0 Å². The van der Waals surface area contributed by atoms with Crippen molar-refractivity contribution in [2.24, 2.45) is 17.3 Å². The Bertz CT molecular complexity index is 803. The van der Waals surface area contributed by atoms with Gasteiger partial charge in [-0.15, -0.1) is 0 Å². The molecule has 0 bridgehead atoms. The van der Waals surface area contributed by atoms with Crippen LogP contribution >= 0.6 is 11.6 Å². The Labute approximate surface area is 208 Å². The van der Waals surface area contributed by atoms with Crippen LogP contribution in [0.5, 0.6) is 0 Å². The molecule has 1 aromatic carbocycles. The van der Waals surface area contributed by atoms with Crippen LogP contribution in [0.1, 0.15) is 58.9 Å². The molecule has 0 aliphatic carbocycles. The normalized spacial score (nSPS) is 17.5. The number of hydroxylamine groups is 2. The Morgan fingerprint density at radius 1 is 1.18 bits per heavy atom. The Kier molecular flexibility index (Phi) is 11.0. The van der Waals surface area contributed by atoms with Crippen molar-refractivity contribution in [1.29, 1.82) is 0 Å². The van der Waals surface area contributed by atoms with Gasteiger partial charge in [0, 0.05) is 36.4 Å². The number of amides is 2. The maximum absolute atomic E-state index is 13.5. The Morgan fingerprint density at radius 3 is 2.35 bits per heavy atom. The quantitative estimate of drug-likeness (QED) is 0.261. The van der Waals surface area contributed by atoms with Gasteiger partial charge in [0.25, 0.3) is 0 Å². The number of carbonyl (C=O) groups is 3. The molecule has 0 unspecified atom stereocenters. The SMILES string of the molecule is C[C@@H]([C@@H](Cc1ccc(Cl)cc1)C(=O)C[C@H](C(=O)NCCN1CCCCC1)C(C)(C)C)N(O)C=O. The van der Waals surface area contributed by atoms with Crippen molar-refractivity contribution in [3.63, 3.8) is 0 Å². The molecule has 3 atom stereocenters. The number of piperidine rings is 1. The van der Waals surface area contributed by atoms with Gasteiger partial charge in [-0.05, 0) is 62.4 Å². The van der Waals surface area contributed by atoms with Gasteiger partial charge in [0.15, 0.2) is 0 Å². The van der Waals surface area contributed by atoms with Gasteiger partial charge in [-0.3, -0.25) is 19.6 Å². The van der Waals surface area contributed by atoms with Gasteiger partial charge in [0.05, 0.1) is 6.04 Å². The lowest BCUT2D eigenvalue weighted by atomic mass is 9.74. The van der Waals surface area contributed by atoms with E-state index in [9.17, 15) is 19.6 Å². The molecule has 2 N–H and O–H groups in total. The number of halogens is 1. The van der Waals surface area contributed by atoms with E-state index in [0.29, 0.717) is 29.5 Å². The molecule has 190 valence electrons. The van der Waals surface area contributed by atoms with Gasteiger partial charge in [0.1, 0.15) is 5.78 Å². The summed E-state index contributed by atoms with van der Waals surface area (Å²) in [5.41, 5.74) is 0.440. The third-order valence-corrected chi connectivity index (χ3v) is 7.09. The van der Waals surface area contributed by atoms with Gasteiger partial charge in [-0.25, -0.2) is 5.06 Å². The molecule has 34 heavy (non-hydrogen) atoms. The summed E-state index contributed by atoms with van der Waals surface area (Å²) >= 11 is 5.98. The minimum absolute atomic E-state index is 0.0361. The van der Waals surface area contributed by atoms with Crippen LogP contribution in [0.15, 0.2) is 24.3 Å². The molecule has 1 heterocycles. The first-order valence-corrected chi connectivity index (χ1v) is 12.6. The zero-order valence-corrected chi connectivity index (χ0v) is 21.7. The highest BCUT2D eigenvalue weighted by Crippen LogP contribution is 2.31. The van der Waals surface area contributed by atoms with Crippen molar-refractivity contribution < 1.29 is 19.6 Å². The second-order valence-electron chi connectivity index (χ2n) is 10.4. The summed E-state index contributed by atoms with van der Waals surface area (Å²) < 4.78 is 0. The summed E-state index contributed by atoms with van der Waals surface area (Å²) in [6.45, 7) is 11.0. The molecule has 1 aliphatic heterocycles. The molecule has 1 fully saturated rings. The Balaban J connectivity index is 2.10. The highest BCUT2D eigenvalue weighted by Gasteiger charge is 2.37. The fourth-order valence-corrected chi connectivity index (χ4v) is 4.62. The summed E-state index contributed by atoms with van der Waals surface area (Å²) in [6, 6.07) is 6.41. The fourth-order valence-electron chi connectivity index (χ4n) is 4.50. The van der Waals surface area contributed by atoms with Crippen molar-refractivity contribution in [2.45, 2.75) is 65.8 Å². The van der Waals surface area contributed by atoms with Crippen molar-refractivity contribution in [3.8, 4) is 0 Å². The van der Waals surface area contributed by atoms with E-state index in [2.05, 4.69) is 10.2 Å². The van der Waals surface area contributed by atoms with Crippen molar-refractivity contribution in [1.82, 2.24) is 15.3 Å². The van der Waals surface area contributed by atoms with E-state index < -0.39 is 23.3 Å². The molecule has 0 saturated carbocycles. The summed E-state index contributed by atoms with van der Waals surface area (Å²) in [4.78, 5) is 40.2. The average Bonchev–Trinajstić information content (AvgIpc) is 2.80. The number of nitrogens with one attached hydrogen (secondary N) is 1. The van der Waals surface area contributed by atoms with E-state index >= 15 is 0 Å². The fraction of sp³-hybridized carbons (Fsp3) is 0.654. The smallest absolute Gasteiger partial charge is 0.233 e. The molecule has 7 nitrogen and oxygen atoms in total. The van der Waals surface area contributed by atoms with E-state index in [0.717, 1.165) is 25.2 Å². The second-order valence-corrected chi connectivity index (χ2v) is 10.9. The number of Topliss-reactive ketones (excluding diaryl/α,β-unsaturated/α-hetero) is 1. The van der Waals surface area contributed by atoms with Crippen LogP contribution in [-0.4, -0.2) is 65.5 Å². The van der Waals surface area contributed by atoms with E-state index in [1.807, 2.05) is 32.9 Å². The lowest BCUT2D eigenvalue weighted by Gasteiger charge is -2.33. The van der Waals surface area contributed by atoms with Crippen LogP contribution in [0.4, 0.5) is 0 Å². The molecule has 0 radical (unpaired) electrons. The summed E-state index contributed by atoms with van der Waals surface area (Å²) in [5, 5.41) is 14.2. The summed E-state index contributed by atoms with van der Waals surface area (Å²) in [5.74, 6) is -1.48. The number of carbonyl (C=O) groups excluding carboxylic acids is 3. The van der Waals surface area contributed by atoms with E-state index in [4.69, 9.17) is 11.6 Å². The molecule has 8 heteroatoms. The van der Waals surface area contributed by atoms with E-state index in [1.165, 1.54) is 19.3 Å². The molecule has 1 aromatic rings. The Morgan fingerprint density at radius 2 is 1.79 bits per heavy atom. The Hall–Kier alpha value is -1.96. The van der Waals surface area contributed by atoms with Crippen molar-refractivity contribution in [3.05, 3.63) is 34.9 Å². The summed E-state index contributed by atoms with van der Waals surface area (Å²) in [6.07, 6.45) is 4.33. The second kappa shape index (κ2) is 13.2. The number of nitrogens with zero attached hydrogens (tertiary/aromatic N) is 2. The maximum Gasteiger partial charge on any atom is 0.233 e. The first-order valence-electron chi connectivity index (χ1n) is 12.2. The van der Waals surface area contributed by atoms with E-state index in [1.54, 1.807) is 19.1 Å². The highest BCUT2D eigenvalue weighted by molar-refractivity contribution is 6.30. The lowest BCUT2D eigenvalue weighted by molar-refractivity contribution is -0.165. The molecule has 0 aromatic heterocycles. The van der Waals surface area contributed by atoms with Crippen LogP contribution in [0.25, 0.3) is 0 Å². The van der Waals surface area contributed by atoms with Crippen molar-refractivity contribution in [2.75, 3.05) is 26.2 Å². The first kappa shape index (κ1) is 28.3. The average molecular weight is 494 g/mol. The van der Waals surface area contributed by atoms with Crippen molar-refractivity contribution >= 4 is 29.7 Å². The minimum atomic E-state index is -0.733. The van der Waals surface area contributed by atoms with Crippen LogP contribution < -0.4 is 5.32 Å². The third kappa shape index (κ3) is 8.67. The molecular formula is C26H40ClN3O4. The summed E-state index contributed by atoms with van der Waals surface area (Å²) in [7, 11) is 0. The number of ketones is 1. The number of hydrogen-bond acceptors (Lipinski definition) is 5. The van der Waals surface area contributed by atoms with Crippen LogP contribution in [0.2, 0.25) is 5.02 Å². The van der Waals surface area contributed by atoms with Crippen LogP contribution in [0, 0.1) is 17.3 Å². The molecule has 1 aliphatic rings.